The van der Waals surface area contributed by atoms with Crippen molar-refractivity contribution in [1.82, 2.24) is 14.5 Å². The van der Waals surface area contributed by atoms with E-state index in [1.165, 1.54) is 19.5 Å². The first kappa shape index (κ1) is 12.4. The Bertz CT molecular complexity index is 358. The molecule has 1 aliphatic rings. The molecule has 17 heavy (non-hydrogen) atoms. The van der Waals surface area contributed by atoms with Gasteiger partial charge in [0.15, 0.2) is 0 Å². The molecule has 0 amide bonds. The van der Waals surface area contributed by atoms with Gasteiger partial charge in [0.1, 0.15) is 0 Å². The fraction of sp³-hybridized carbons (Fsp3) is 0.769. The maximum atomic E-state index is 4.55. The second-order valence-electron chi connectivity index (χ2n) is 5.20. The summed E-state index contributed by atoms with van der Waals surface area (Å²) in [5.74, 6) is 1.81. The molecule has 0 bridgehead atoms. The molecular weight excluding hydrogens is 212 g/mol. The summed E-state index contributed by atoms with van der Waals surface area (Å²) in [4.78, 5) is 6.96. The van der Waals surface area contributed by atoms with Crippen LogP contribution in [-0.4, -0.2) is 41.1 Å². The number of aryl methyl sites for hydroxylation is 1. The predicted octanol–water partition coefficient (Wildman–Crippen LogP) is 1.97. The summed E-state index contributed by atoms with van der Waals surface area (Å²) in [6.07, 6.45) is 4.61. The third kappa shape index (κ3) is 3.22. The predicted molar refractivity (Wildman–Crippen MR) is 71.3 cm³/mol. The van der Waals surface area contributed by atoms with Gasteiger partial charge in [-0.3, -0.25) is 0 Å². The molecule has 1 atom stereocenters. The standard InChI is InChI=1S/C13H24N4/c1-4-6-14-13-15-11(2)8-17(13)10-12-5-7-16(3)9-12/h8,12H,4-7,9-10H2,1-3H3,(H,14,15). The number of hydrogen-bond acceptors (Lipinski definition) is 3. The Morgan fingerprint density at radius 1 is 1.53 bits per heavy atom. The Kier molecular flexibility index (Phi) is 4.05. The molecule has 0 saturated carbocycles. The van der Waals surface area contributed by atoms with Crippen LogP contribution in [-0.2, 0) is 6.54 Å². The van der Waals surface area contributed by atoms with E-state index in [1.807, 2.05) is 0 Å². The van der Waals surface area contributed by atoms with Crippen LogP contribution in [0, 0.1) is 12.8 Å². The first-order valence-electron chi connectivity index (χ1n) is 6.65. The van der Waals surface area contributed by atoms with E-state index in [9.17, 15) is 0 Å². The summed E-state index contributed by atoms with van der Waals surface area (Å²) in [6, 6.07) is 0. The van der Waals surface area contributed by atoms with Crippen LogP contribution in [0.1, 0.15) is 25.5 Å². The summed E-state index contributed by atoms with van der Waals surface area (Å²) in [5.41, 5.74) is 1.11. The van der Waals surface area contributed by atoms with Gasteiger partial charge in [-0.25, -0.2) is 4.98 Å². The molecule has 1 aromatic rings. The van der Waals surface area contributed by atoms with E-state index in [0.29, 0.717) is 0 Å². The molecule has 1 aromatic heterocycles. The molecule has 0 radical (unpaired) electrons. The van der Waals surface area contributed by atoms with Crippen molar-refractivity contribution in [3.63, 3.8) is 0 Å². The number of nitrogens with zero attached hydrogens (tertiary/aromatic N) is 3. The van der Waals surface area contributed by atoms with E-state index < -0.39 is 0 Å². The first-order valence-corrected chi connectivity index (χ1v) is 6.65. The Morgan fingerprint density at radius 3 is 3.00 bits per heavy atom. The molecule has 1 aliphatic heterocycles. The minimum Gasteiger partial charge on any atom is -0.356 e. The summed E-state index contributed by atoms with van der Waals surface area (Å²) in [6.45, 7) is 8.78. The topological polar surface area (TPSA) is 33.1 Å². The fourth-order valence-electron chi connectivity index (χ4n) is 2.52. The molecule has 2 rings (SSSR count). The molecule has 4 heteroatoms. The molecule has 0 aliphatic carbocycles. The zero-order valence-corrected chi connectivity index (χ0v) is 11.2. The molecule has 2 heterocycles. The first-order chi connectivity index (χ1) is 8.19. The molecule has 1 N–H and O–H groups in total. The highest BCUT2D eigenvalue weighted by molar-refractivity contribution is 5.28. The fourth-order valence-corrected chi connectivity index (χ4v) is 2.52. The number of anilines is 1. The molecular formula is C13H24N4. The second kappa shape index (κ2) is 5.54. The summed E-state index contributed by atoms with van der Waals surface area (Å²) in [5, 5.41) is 3.41. The highest BCUT2D eigenvalue weighted by Gasteiger charge is 2.20. The number of rotatable bonds is 5. The smallest absolute Gasteiger partial charge is 0.203 e. The van der Waals surface area contributed by atoms with Crippen LogP contribution in [0.4, 0.5) is 5.95 Å². The molecule has 1 saturated heterocycles. The van der Waals surface area contributed by atoms with Gasteiger partial charge >= 0.3 is 0 Å². The van der Waals surface area contributed by atoms with Gasteiger partial charge in [0, 0.05) is 25.8 Å². The van der Waals surface area contributed by atoms with Crippen molar-refractivity contribution in [2.45, 2.75) is 33.2 Å². The summed E-state index contributed by atoms with van der Waals surface area (Å²) in [7, 11) is 2.20. The monoisotopic (exact) mass is 236 g/mol. The Labute approximate surface area is 104 Å². The van der Waals surface area contributed by atoms with Gasteiger partial charge in [-0.05, 0) is 39.3 Å². The van der Waals surface area contributed by atoms with Crippen molar-refractivity contribution in [2.24, 2.45) is 5.92 Å². The van der Waals surface area contributed by atoms with Gasteiger partial charge in [0.25, 0.3) is 0 Å². The van der Waals surface area contributed by atoms with Gasteiger partial charge in [-0.1, -0.05) is 6.92 Å². The Morgan fingerprint density at radius 2 is 2.35 bits per heavy atom. The maximum Gasteiger partial charge on any atom is 0.203 e. The highest BCUT2D eigenvalue weighted by atomic mass is 15.2. The van der Waals surface area contributed by atoms with E-state index in [2.05, 4.69) is 46.9 Å². The van der Waals surface area contributed by atoms with Gasteiger partial charge in [-0.2, -0.15) is 0 Å². The minimum atomic E-state index is 0.774. The minimum absolute atomic E-state index is 0.774. The third-order valence-electron chi connectivity index (χ3n) is 3.37. The average molecular weight is 236 g/mol. The molecule has 1 fully saturated rings. The lowest BCUT2D eigenvalue weighted by atomic mass is 10.1. The van der Waals surface area contributed by atoms with Gasteiger partial charge < -0.3 is 14.8 Å². The van der Waals surface area contributed by atoms with Crippen molar-refractivity contribution in [3.05, 3.63) is 11.9 Å². The third-order valence-corrected chi connectivity index (χ3v) is 3.37. The Hall–Kier alpha value is -1.03. The van der Waals surface area contributed by atoms with E-state index in [4.69, 9.17) is 0 Å². The van der Waals surface area contributed by atoms with E-state index in [-0.39, 0.29) is 0 Å². The second-order valence-corrected chi connectivity index (χ2v) is 5.20. The quantitative estimate of drug-likeness (QED) is 0.848. The lowest BCUT2D eigenvalue weighted by Crippen LogP contribution is -2.18. The summed E-state index contributed by atoms with van der Waals surface area (Å²) >= 11 is 0. The summed E-state index contributed by atoms with van der Waals surface area (Å²) < 4.78 is 2.29. The largest absolute Gasteiger partial charge is 0.356 e. The Balaban J connectivity index is 1.99. The normalized spacial score (nSPS) is 21.0. The average Bonchev–Trinajstić information content (AvgIpc) is 2.83. The van der Waals surface area contributed by atoms with Crippen molar-refractivity contribution < 1.29 is 0 Å². The number of imidazole rings is 1. The van der Waals surface area contributed by atoms with Gasteiger partial charge in [0.2, 0.25) is 5.95 Å². The molecule has 96 valence electrons. The zero-order chi connectivity index (χ0) is 12.3. The number of hydrogen-bond donors (Lipinski definition) is 1. The van der Waals surface area contributed by atoms with Crippen LogP contribution >= 0.6 is 0 Å². The van der Waals surface area contributed by atoms with Gasteiger partial charge in [0.05, 0.1) is 5.69 Å². The number of aromatic nitrogens is 2. The van der Waals surface area contributed by atoms with Crippen molar-refractivity contribution in [3.8, 4) is 0 Å². The highest BCUT2D eigenvalue weighted by Crippen LogP contribution is 2.19. The van der Waals surface area contributed by atoms with Crippen LogP contribution < -0.4 is 5.32 Å². The molecule has 4 nitrogen and oxygen atoms in total. The maximum absolute atomic E-state index is 4.55. The molecule has 0 aromatic carbocycles. The van der Waals surface area contributed by atoms with E-state index in [1.54, 1.807) is 0 Å². The zero-order valence-electron chi connectivity index (χ0n) is 11.2. The van der Waals surface area contributed by atoms with Crippen molar-refractivity contribution >= 4 is 5.95 Å². The van der Waals surface area contributed by atoms with E-state index >= 15 is 0 Å². The lowest BCUT2D eigenvalue weighted by Gasteiger charge is -2.14. The van der Waals surface area contributed by atoms with Crippen molar-refractivity contribution in [1.29, 1.82) is 0 Å². The number of likely N-dealkylation sites (tertiary alicyclic amines) is 1. The van der Waals surface area contributed by atoms with Crippen LogP contribution in [0.25, 0.3) is 0 Å². The SMILES string of the molecule is CCCNc1nc(C)cn1CC1CCN(C)C1. The number of nitrogens with one attached hydrogen (secondary N) is 1. The van der Waals surface area contributed by atoms with Crippen LogP contribution in [0.5, 0.6) is 0 Å². The molecule has 0 spiro atoms. The lowest BCUT2D eigenvalue weighted by molar-refractivity contribution is 0.378. The molecule has 1 unspecified atom stereocenters. The van der Waals surface area contributed by atoms with Crippen molar-refractivity contribution in [2.75, 3.05) is 32.0 Å². The van der Waals surface area contributed by atoms with Crippen LogP contribution in [0.2, 0.25) is 0 Å². The van der Waals surface area contributed by atoms with Crippen LogP contribution in [0.15, 0.2) is 6.20 Å². The van der Waals surface area contributed by atoms with E-state index in [0.717, 1.165) is 37.1 Å². The van der Waals surface area contributed by atoms with Gasteiger partial charge in [-0.15, -0.1) is 0 Å². The van der Waals surface area contributed by atoms with Crippen LogP contribution in [0.3, 0.4) is 0 Å².